The van der Waals surface area contributed by atoms with Crippen molar-refractivity contribution in [2.24, 2.45) is 0 Å². The molecule has 0 saturated carbocycles. The summed E-state index contributed by atoms with van der Waals surface area (Å²) >= 11 is 0. The van der Waals surface area contributed by atoms with Crippen molar-refractivity contribution in [2.45, 2.75) is 26.2 Å². The second kappa shape index (κ2) is 6.20. The highest BCUT2D eigenvalue weighted by Gasteiger charge is 2.00. The number of hydrogen-bond donors (Lipinski definition) is 0. The number of aryl methyl sites for hydroxylation is 1. The van der Waals surface area contributed by atoms with Crippen LogP contribution in [0.25, 0.3) is 5.57 Å². The summed E-state index contributed by atoms with van der Waals surface area (Å²) in [5, 5.41) is 0. The van der Waals surface area contributed by atoms with Crippen LogP contribution in [0.4, 0.5) is 0 Å². The second-order valence-electron chi connectivity index (χ2n) is 4.71. The molecular formula is C18H20. The summed E-state index contributed by atoms with van der Waals surface area (Å²) < 4.78 is 0. The molecule has 0 saturated heterocycles. The first-order chi connectivity index (χ1) is 8.79. The van der Waals surface area contributed by atoms with E-state index in [0.29, 0.717) is 0 Å². The lowest BCUT2D eigenvalue weighted by molar-refractivity contribution is 0.921. The summed E-state index contributed by atoms with van der Waals surface area (Å²) in [5.74, 6) is 0. The minimum atomic E-state index is 0.925. The molecule has 0 radical (unpaired) electrons. The number of benzene rings is 2. The van der Waals surface area contributed by atoms with Crippen LogP contribution in [0.5, 0.6) is 0 Å². The van der Waals surface area contributed by atoms with E-state index in [1.807, 2.05) is 6.07 Å². The molecule has 0 aliphatic carbocycles. The molecule has 2 aromatic carbocycles. The molecule has 0 unspecified atom stereocenters. The Morgan fingerprint density at radius 3 is 2.17 bits per heavy atom. The molecule has 0 N–H and O–H groups in total. The van der Waals surface area contributed by atoms with E-state index in [-0.39, 0.29) is 0 Å². The fourth-order valence-corrected chi connectivity index (χ4v) is 2.14. The van der Waals surface area contributed by atoms with E-state index in [1.54, 1.807) is 0 Å². The van der Waals surface area contributed by atoms with E-state index < -0.39 is 0 Å². The Morgan fingerprint density at radius 1 is 0.889 bits per heavy atom. The number of rotatable bonds is 5. The van der Waals surface area contributed by atoms with Gasteiger partial charge in [0.2, 0.25) is 0 Å². The lowest BCUT2D eigenvalue weighted by Gasteiger charge is -2.07. The van der Waals surface area contributed by atoms with Gasteiger partial charge in [-0.2, -0.15) is 0 Å². The van der Waals surface area contributed by atoms with E-state index in [2.05, 4.69) is 62.0 Å². The van der Waals surface area contributed by atoms with Crippen molar-refractivity contribution in [3.8, 4) is 0 Å². The molecule has 0 spiro atoms. The summed E-state index contributed by atoms with van der Waals surface area (Å²) in [7, 11) is 0. The van der Waals surface area contributed by atoms with Crippen LogP contribution >= 0.6 is 0 Å². The third-order valence-corrected chi connectivity index (χ3v) is 3.16. The molecule has 0 atom stereocenters. The SMILES string of the molecule is C=C(Cc1ccccc1)c1ccc(CCC)cc1. The van der Waals surface area contributed by atoms with Crippen molar-refractivity contribution in [3.05, 3.63) is 77.9 Å². The van der Waals surface area contributed by atoms with Crippen LogP contribution in [-0.2, 0) is 12.8 Å². The van der Waals surface area contributed by atoms with Gasteiger partial charge in [0.05, 0.1) is 0 Å². The van der Waals surface area contributed by atoms with Crippen LogP contribution in [0, 0.1) is 0 Å². The maximum Gasteiger partial charge on any atom is -0.00257 e. The fourth-order valence-electron chi connectivity index (χ4n) is 2.14. The van der Waals surface area contributed by atoms with Gasteiger partial charge in [0.25, 0.3) is 0 Å². The maximum atomic E-state index is 4.20. The molecule has 2 aromatic rings. The van der Waals surface area contributed by atoms with Gasteiger partial charge >= 0.3 is 0 Å². The van der Waals surface area contributed by atoms with Gasteiger partial charge < -0.3 is 0 Å². The molecule has 0 nitrogen and oxygen atoms in total. The van der Waals surface area contributed by atoms with E-state index in [1.165, 1.54) is 28.7 Å². The fraction of sp³-hybridized carbons (Fsp3) is 0.222. The highest BCUT2D eigenvalue weighted by molar-refractivity contribution is 5.65. The number of hydrogen-bond acceptors (Lipinski definition) is 0. The zero-order valence-electron chi connectivity index (χ0n) is 11.0. The predicted molar refractivity (Wildman–Crippen MR) is 79.6 cm³/mol. The van der Waals surface area contributed by atoms with Crippen molar-refractivity contribution in [1.82, 2.24) is 0 Å². The van der Waals surface area contributed by atoms with Gasteiger partial charge in [-0.25, -0.2) is 0 Å². The predicted octanol–water partition coefficient (Wildman–Crippen LogP) is 4.90. The van der Waals surface area contributed by atoms with Crippen LogP contribution in [-0.4, -0.2) is 0 Å². The molecule has 0 amide bonds. The lowest BCUT2D eigenvalue weighted by atomic mass is 9.98. The number of allylic oxidation sites excluding steroid dienone is 1. The quantitative estimate of drug-likeness (QED) is 0.693. The topological polar surface area (TPSA) is 0 Å². The molecule has 92 valence electrons. The Bertz CT molecular complexity index is 491. The minimum absolute atomic E-state index is 0.925. The normalized spacial score (nSPS) is 10.3. The maximum absolute atomic E-state index is 4.20. The Labute approximate surface area is 110 Å². The molecule has 18 heavy (non-hydrogen) atoms. The van der Waals surface area contributed by atoms with Gasteiger partial charge in [-0.1, -0.05) is 74.5 Å². The molecule has 0 bridgehead atoms. The monoisotopic (exact) mass is 236 g/mol. The largest absolute Gasteiger partial charge is 0.0949 e. The van der Waals surface area contributed by atoms with Crippen molar-refractivity contribution in [1.29, 1.82) is 0 Å². The zero-order chi connectivity index (χ0) is 12.8. The Balaban J connectivity index is 2.05. The first-order valence-corrected chi connectivity index (χ1v) is 6.60. The van der Waals surface area contributed by atoms with E-state index in [4.69, 9.17) is 0 Å². The summed E-state index contributed by atoms with van der Waals surface area (Å²) in [4.78, 5) is 0. The van der Waals surface area contributed by atoms with Gasteiger partial charge in [0.1, 0.15) is 0 Å². The molecular weight excluding hydrogens is 216 g/mol. The molecule has 0 fully saturated rings. The van der Waals surface area contributed by atoms with Crippen molar-refractivity contribution >= 4 is 5.57 Å². The molecule has 0 aliphatic rings. The molecule has 0 aromatic heterocycles. The third kappa shape index (κ3) is 3.33. The van der Waals surface area contributed by atoms with Gasteiger partial charge in [-0.15, -0.1) is 0 Å². The van der Waals surface area contributed by atoms with Crippen LogP contribution in [0.2, 0.25) is 0 Å². The third-order valence-electron chi connectivity index (χ3n) is 3.16. The standard InChI is InChI=1S/C18H20/c1-3-7-16-10-12-18(13-11-16)15(2)14-17-8-5-4-6-9-17/h4-6,8-13H,2-3,7,14H2,1H3. The van der Waals surface area contributed by atoms with Crippen molar-refractivity contribution < 1.29 is 0 Å². The van der Waals surface area contributed by atoms with Crippen LogP contribution in [0.1, 0.15) is 30.0 Å². The zero-order valence-corrected chi connectivity index (χ0v) is 11.0. The second-order valence-corrected chi connectivity index (χ2v) is 4.71. The molecule has 0 heterocycles. The highest BCUT2D eigenvalue weighted by atomic mass is 14.1. The first kappa shape index (κ1) is 12.6. The van der Waals surface area contributed by atoms with Crippen molar-refractivity contribution in [2.75, 3.05) is 0 Å². The van der Waals surface area contributed by atoms with Crippen molar-refractivity contribution in [3.63, 3.8) is 0 Å². The van der Waals surface area contributed by atoms with Gasteiger partial charge in [-0.05, 0) is 35.1 Å². The van der Waals surface area contributed by atoms with E-state index >= 15 is 0 Å². The molecule has 0 aliphatic heterocycles. The Kier molecular flexibility index (Phi) is 4.35. The molecule has 2 rings (SSSR count). The van der Waals surface area contributed by atoms with Gasteiger partial charge in [0, 0.05) is 0 Å². The Morgan fingerprint density at radius 2 is 1.56 bits per heavy atom. The van der Waals surface area contributed by atoms with E-state index in [9.17, 15) is 0 Å². The lowest BCUT2D eigenvalue weighted by Crippen LogP contribution is -1.90. The van der Waals surface area contributed by atoms with Gasteiger partial charge in [-0.3, -0.25) is 0 Å². The first-order valence-electron chi connectivity index (χ1n) is 6.60. The summed E-state index contributed by atoms with van der Waals surface area (Å²) in [6.45, 7) is 6.41. The highest BCUT2D eigenvalue weighted by Crippen LogP contribution is 2.18. The minimum Gasteiger partial charge on any atom is -0.0949 e. The molecule has 0 heteroatoms. The van der Waals surface area contributed by atoms with Crippen LogP contribution < -0.4 is 0 Å². The summed E-state index contributed by atoms with van der Waals surface area (Å²) in [6.07, 6.45) is 3.28. The van der Waals surface area contributed by atoms with E-state index in [0.717, 1.165) is 12.8 Å². The average Bonchev–Trinajstić information content (AvgIpc) is 2.41. The summed E-state index contributed by atoms with van der Waals surface area (Å²) in [5.41, 5.74) is 5.16. The summed E-state index contributed by atoms with van der Waals surface area (Å²) in [6, 6.07) is 19.3. The average molecular weight is 236 g/mol. The van der Waals surface area contributed by atoms with Gasteiger partial charge in [0.15, 0.2) is 0 Å². The van der Waals surface area contributed by atoms with Crippen LogP contribution in [0.15, 0.2) is 61.2 Å². The van der Waals surface area contributed by atoms with Crippen LogP contribution in [0.3, 0.4) is 0 Å². The smallest absolute Gasteiger partial charge is 0.00257 e. The Hall–Kier alpha value is -1.82.